The lowest BCUT2D eigenvalue weighted by Crippen LogP contribution is -2.11. The summed E-state index contributed by atoms with van der Waals surface area (Å²) in [5.74, 6) is 0.342. The molecule has 0 aliphatic carbocycles. The van der Waals surface area contributed by atoms with Crippen LogP contribution in [0.2, 0.25) is 5.02 Å². The SMILES string of the molecule is O=C(Nc1ccc(-c2nc3cc(Cl)ccc3o2)cc1)c1ccc(Br)cc1. The average molecular weight is 428 g/mol. The first-order valence-corrected chi connectivity index (χ1v) is 8.99. The standard InChI is InChI=1S/C20H12BrClN2O2/c21-14-5-1-12(2-6-14)19(25)23-16-8-3-13(4-9-16)20-24-17-11-15(22)7-10-18(17)26-20/h1-11H,(H,23,25). The van der Waals surface area contributed by atoms with Gasteiger partial charge in [-0.15, -0.1) is 0 Å². The molecule has 4 aromatic rings. The summed E-state index contributed by atoms with van der Waals surface area (Å²) in [5, 5.41) is 3.48. The van der Waals surface area contributed by atoms with Crippen LogP contribution in [0.25, 0.3) is 22.6 Å². The number of benzene rings is 3. The Hall–Kier alpha value is -2.63. The largest absolute Gasteiger partial charge is 0.436 e. The Labute approximate surface area is 162 Å². The molecule has 26 heavy (non-hydrogen) atoms. The van der Waals surface area contributed by atoms with Crippen LogP contribution in [0.4, 0.5) is 5.69 Å². The van der Waals surface area contributed by atoms with Gasteiger partial charge in [-0.3, -0.25) is 4.79 Å². The molecular weight excluding hydrogens is 416 g/mol. The van der Waals surface area contributed by atoms with Gasteiger partial charge in [0, 0.05) is 26.3 Å². The van der Waals surface area contributed by atoms with Gasteiger partial charge >= 0.3 is 0 Å². The molecule has 0 atom stereocenters. The van der Waals surface area contributed by atoms with Gasteiger partial charge in [0.05, 0.1) is 0 Å². The Balaban J connectivity index is 1.54. The van der Waals surface area contributed by atoms with Crippen LogP contribution in [0, 0.1) is 0 Å². The summed E-state index contributed by atoms with van der Waals surface area (Å²) in [5.41, 5.74) is 3.49. The van der Waals surface area contributed by atoms with Gasteiger partial charge in [0.25, 0.3) is 5.91 Å². The van der Waals surface area contributed by atoms with Crippen molar-refractivity contribution in [3.05, 3.63) is 81.8 Å². The summed E-state index contributed by atoms with van der Waals surface area (Å²) in [6.45, 7) is 0. The molecule has 0 aliphatic rings. The molecule has 1 N–H and O–H groups in total. The molecule has 1 aromatic heterocycles. The van der Waals surface area contributed by atoms with Crippen LogP contribution in [-0.4, -0.2) is 10.9 Å². The van der Waals surface area contributed by atoms with E-state index in [9.17, 15) is 4.79 Å². The summed E-state index contributed by atoms with van der Waals surface area (Å²) in [7, 11) is 0. The first kappa shape index (κ1) is 16.8. The number of carbonyl (C=O) groups is 1. The van der Waals surface area contributed by atoms with Gasteiger partial charge in [-0.25, -0.2) is 4.98 Å². The molecule has 128 valence electrons. The molecule has 0 unspecified atom stereocenters. The fourth-order valence-electron chi connectivity index (χ4n) is 2.52. The van der Waals surface area contributed by atoms with Crippen LogP contribution in [0.1, 0.15) is 10.4 Å². The molecule has 4 nitrogen and oxygen atoms in total. The molecule has 0 saturated carbocycles. The highest BCUT2D eigenvalue weighted by Gasteiger charge is 2.10. The van der Waals surface area contributed by atoms with Crippen molar-refractivity contribution in [2.45, 2.75) is 0 Å². The lowest BCUT2D eigenvalue weighted by Gasteiger charge is -2.06. The third kappa shape index (κ3) is 3.49. The molecule has 1 amide bonds. The van der Waals surface area contributed by atoms with E-state index in [0.29, 0.717) is 33.3 Å². The van der Waals surface area contributed by atoms with E-state index < -0.39 is 0 Å². The van der Waals surface area contributed by atoms with Gasteiger partial charge in [-0.05, 0) is 66.7 Å². The van der Waals surface area contributed by atoms with Crippen LogP contribution in [0.15, 0.2) is 75.6 Å². The smallest absolute Gasteiger partial charge is 0.255 e. The zero-order valence-corrected chi connectivity index (χ0v) is 15.7. The van der Waals surface area contributed by atoms with E-state index in [0.717, 1.165) is 10.0 Å². The maximum atomic E-state index is 12.3. The molecule has 0 radical (unpaired) electrons. The van der Waals surface area contributed by atoms with Crippen molar-refractivity contribution in [3.63, 3.8) is 0 Å². The summed E-state index contributed by atoms with van der Waals surface area (Å²) >= 11 is 9.33. The predicted molar refractivity (Wildman–Crippen MR) is 107 cm³/mol. The highest BCUT2D eigenvalue weighted by molar-refractivity contribution is 9.10. The van der Waals surface area contributed by atoms with Gasteiger partial charge in [-0.1, -0.05) is 27.5 Å². The zero-order valence-electron chi connectivity index (χ0n) is 13.4. The van der Waals surface area contributed by atoms with Crippen molar-refractivity contribution in [1.82, 2.24) is 4.98 Å². The van der Waals surface area contributed by atoms with E-state index in [2.05, 4.69) is 26.2 Å². The summed E-state index contributed by atoms with van der Waals surface area (Å²) in [4.78, 5) is 16.7. The molecule has 1 heterocycles. The summed E-state index contributed by atoms with van der Waals surface area (Å²) < 4.78 is 6.68. The Morgan fingerprint density at radius 3 is 2.46 bits per heavy atom. The number of nitrogens with one attached hydrogen (secondary N) is 1. The molecule has 0 bridgehead atoms. The fraction of sp³-hybridized carbons (Fsp3) is 0. The molecule has 0 fully saturated rings. The summed E-state index contributed by atoms with van der Waals surface area (Å²) in [6.07, 6.45) is 0. The molecule has 0 aliphatic heterocycles. The second-order valence-corrected chi connectivity index (χ2v) is 7.02. The number of rotatable bonds is 3. The van der Waals surface area contributed by atoms with Gasteiger partial charge in [0.2, 0.25) is 5.89 Å². The van der Waals surface area contributed by atoms with Crippen LogP contribution in [-0.2, 0) is 0 Å². The third-order valence-electron chi connectivity index (χ3n) is 3.85. The maximum Gasteiger partial charge on any atom is 0.255 e. The number of nitrogens with zero attached hydrogens (tertiary/aromatic N) is 1. The van der Waals surface area contributed by atoms with E-state index in [1.165, 1.54) is 0 Å². The predicted octanol–water partition coefficient (Wildman–Crippen LogP) is 6.16. The number of halogens is 2. The number of fused-ring (bicyclic) bond motifs is 1. The van der Waals surface area contributed by atoms with E-state index in [1.54, 1.807) is 30.3 Å². The van der Waals surface area contributed by atoms with Crippen LogP contribution in [0.3, 0.4) is 0 Å². The number of amides is 1. The van der Waals surface area contributed by atoms with Crippen molar-refractivity contribution in [1.29, 1.82) is 0 Å². The van der Waals surface area contributed by atoms with Gasteiger partial charge < -0.3 is 9.73 Å². The number of anilines is 1. The minimum absolute atomic E-state index is 0.165. The first-order valence-electron chi connectivity index (χ1n) is 7.82. The van der Waals surface area contributed by atoms with E-state index >= 15 is 0 Å². The van der Waals surface area contributed by atoms with E-state index in [4.69, 9.17) is 16.0 Å². The Morgan fingerprint density at radius 1 is 1.00 bits per heavy atom. The van der Waals surface area contributed by atoms with E-state index in [1.807, 2.05) is 36.4 Å². The number of oxazole rings is 1. The monoisotopic (exact) mass is 426 g/mol. The average Bonchev–Trinajstić information content (AvgIpc) is 3.06. The van der Waals surface area contributed by atoms with Gasteiger partial charge in [0.1, 0.15) is 5.52 Å². The van der Waals surface area contributed by atoms with Crippen molar-refractivity contribution in [2.75, 3.05) is 5.32 Å². The Morgan fingerprint density at radius 2 is 1.73 bits per heavy atom. The minimum atomic E-state index is -0.165. The lowest BCUT2D eigenvalue weighted by molar-refractivity contribution is 0.102. The zero-order chi connectivity index (χ0) is 18.1. The molecule has 3 aromatic carbocycles. The van der Waals surface area contributed by atoms with Gasteiger partial charge in [0.15, 0.2) is 5.58 Å². The van der Waals surface area contributed by atoms with Crippen molar-refractivity contribution >= 4 is 50.2 Å². The normalized spacial score (nSPS) is 10.8. The molecular formula is C20H12BrClN2O2. The van der Waals surface area contributed by atoms with Crippen molar-refractivity contribution < 1.29 is 9.21 Å². The van der Waals surface area contributed by atoms with Crippen molar-refractivity contribution in [2.24, 2.45) is 0 Å². The highest BCUT2D eigenvalue weighted by Crippen LogP contribution is 2.27. The second-order valence-electron chi connectivity index (χ2n) is 5.67. The molecule has 6 heteroatoms. The molecule has 0 saturated heterocycles. The topological polar surface area (TPSA) is 55.1 Å². The molecule has 0 spiro atoms. The Bertz CT molecular complexity index is 1090. The number of hydrogen-bond acceptors (Lipinski definition) is 3. The highest BCUT2D eigenvalue weighted by atomic mass is 79.9. The lowest BCUT2D eigenvalue weighted by atomic mass is 10.2. The molecule has 4 rings (SSSR count). The number of aromatic nitrogens is 1. The van der Waals surface area contributed by atoms with E-state index in [-0.39, 0.29) is 5.91 Å². The number of hydrogen-bond donors (Lipinski definition) is 1. The first-order chi connectivity index (χ1) is 12.6. The quantitative estimate of drug-likeness (QED) is 0.426. The second kappa shape index (κ2) is 6.94. The summed E-state index contributed by atoms with van der Waals surface area (Å²) in [6, 6.07) is 19.8. The number of carbonyl (C=O) groups excluding carboxylic acids is 1. The van der Waals surface area contributed by atoms with Crippen molar-refractivity contribution in [3.8, 4) is 11.5 Å². The van der Waals surface area contributed by atoms with Crippen LogP contribution >= 0.6 is 27.5 Å². The van der Waals surface area contributed by atoms with Crippen LogP contribution < -0.4 is 5.32 Å². The van der Waals surface area contributed by atoms with Crippen LogP contribution in [0.5, 0.6) is 0 Å². The van der Waals surface area contributed by atoms with Gasteiger partial charge in [-0.2, -0.15) is 0 Å². The third-order valence-corrected chi connectivity index (χ3v) is 4.61. The fourth-order valence-corrected chi connectivity index (χ4v) is 2.96. The maximum absolute atomic E-state index is 12.3. The minimum Gasteiger partial charge on any atom is -0.436 e. The Kier molecular flexibility index (Phi) is 4.49.